The minimum Gasteiger partial charge on any atom is -0.394 e. The molecular formula is C21H31N9O3. The molecule has 3 saturated heterocycles. The number of likely N-dealkylation sites (tertiary alicyclic amines) is 1. The Labute approximate surface area is 192 Å². The Kier molecular flexibility index (Phi) is 6.25. The van der Waals surface area contributed by atoms with Crippen molar-refractivity contribution in [2.24, 2.45) is 0 Å². The number of nitrogens with one attached hydrogen (secondary N) is 2. The molecule has 33 heavy (non-hydrogen) atoms. The third-order valence-electron chi connectivity index (χ3n) is 6.68. The largest absolute Gasteiger partial charge is 0.394 e. The molecule has 3 fully saturated rings. The van der Waals surface area contributed by atoms with Crippen molar-refractivity contribution in [1.82, 2.24) is 30.2 Å². The van der Waals surface area contributed by atoms with Crippen molar-refractivity contribution in [3.05, 3.63) is 18.5 Å². The predicted octanol–water partition coefficient (Wildman–Crippen LogP) is -1.12. The zero-order valence-electron chi connectivity index (χ0n) is 18.5. The lowest BCUT2D eigenvalue weighted by atomic mass is 9.99. The summed E-state index contributed by atoms with van der Waals surface area (Å²) in [6, 6.07) is 1.90. The summed E-state index contributed by atoms with van der Waals surface area (Å²) in [7, 11) is 0. The molecule has 0 amide bonds. The van der Waals surface area contributed by atoms with Gasteiger partial charge in [0.25, 0.3) is 0 Å². The maximum Gasteiger partial charge on any atom is 0.228 e. The Balaban J connectivity index is 1.43. The Morgan fingerprint density at radius 3 is 2.70 bits per heavy atom. The number of nitrogens with two attached hydrogens (primary N) is 1. The van der Waals surface area contributed by atoms with E-state index in [1.807, 2.05) is 6.07 Å². The first kappa shape index (κ1) is 22.2. The molecule has 6 N–H and O–H groups in total. The van der Waals surface area contributed by atoms with Gasteiger partial charge in [-0.3, -0.25) is 10.2 Å². The Hall–Kier alpha value is -2.64. The van der Waals surface area contributed by atoms with E-state index in [0.29, 0.717) is 50.3 Å². The quantitative estimate of drug-likeness (QED) is 0.356. The summed E-state index contributed by atoms with van der Waals surface area (Å²) >= 11 is 0. The minimum atomic E-state index is -0.562. The van der Waals surface area contributed by atoms with Gasteiger partial charge in [0.15, 0.2) is 0 Å². The van der Waals surface area contributed by atoms with E-state index < -0.39 is 11.8 Å². The second-order valence-corrected chi connectivity index (χ2v) is 8.91. The average Bonchev–Trinajstić information content (AvgIpc) is 3.46. The van der Waals surface area contributed by atoms with Gasteiger partial charge in [-0.1, -0.05) is 0 Å². The van der Waals surface area contributed by atoms with Crippen LogP contribution < -0.4 is 21.3 Å². The molecule has 2 unspecified atom stereocenters. The molecule has 5 heterocycles. The van der Waals surface area contributed by atoms with Gasteiger partial charge < -0.3 is 30.9 Å². The van der Waals surface area contributed by atoms with Gasteiger partial charge in [0.1, 0.15) is 12.0 Å². The van der Waals surface area contributed by atoms with Gasteiger partial charge in [0, 0.05) is 50.2 Å². The highest BCUT2D eigenvalue weighted by atomic mass is 16.5. The third-order valence-corrected chi connectivity index (χ3v) is 6.68. The molecule has 2 aromatic rings. The summed E-state index contributed by atoms with van der Waals surface area (Å²) in [6.45, 7) is 4.80. The molecule has 0 spiro atoms. The number of hydrogen-bond donors (Lipinski definition) is 5. The number of anilines is 3. The molecule has 12 nitrogen and oxygen atoms in total. The van der Waals surface area contributed by atoms with Crippen LogP contribution in [0.5, 0.6) is 0 Å². The molecular weight excluding hydrogens is 426 g/mol. The fourth-order valence-electron chi connectivity index (χ4n) is 4.81. The standard InChI is InChI=1S/C21H31N9O3/c22-19-24-10-14(11-25-19)15-9-17(27-20(26-15)29-5-7-33-8-6-29)28-21(13-31)2-4-30(12-21)16-1-3-23-18(16)32/h9-11,16,18,23,31-32H,1-8,12-13H2,(H2,22,24,25)(H,26,27,28)/t16?,18?,21-/m0/s1. The lowest BCUT2D eigenvalue weighted by Gasteiger charge is -2.32. The molecule has 178 valence electrons. The Morgan fingerprint density at radius 2 is 2.00 bits per heavy atom. The average molecular weight is 458 g/mol. The summed E-state index contributed by atoms with van der Waals surface area (Å²) in [6.07, 6.45) is 4.38. The van der Waals surface area contributed by atoms with E-state index in [1.54, 1.807) is 12.4 Å². The van der Waals surface area contributed by atoms with Gasteiger partial charge in [-0.15, -0.1) is 0 Å². The van der Waals surface area contributed by atoms with Crippen LogP contribution in [-0.4, -0.2) is 105 Å². The topological polar surface area (TPSA) is 158 Å². The molecule has 3 atom stereocenters. The maximum absolute atomic E-state index is 10.4. The minimum absolute atomic E-state index is 0.0447. The number of rotatable bonds is 6. The highest BCUT2D eigenvalue weighted by molar-refractivity contribution is 5.64. The second kappa shape index (κ2) is 9.31. The number of nitrogen functional groups attached to an aromatic ring is 1. The number of hydrogen-bond acceptors (Lipinski definition) is 12. The molecule has 0 aromatic carbocycles. The molecule has 0 radical (unpaired) electrons. The molecule has 2 aromatic heterocycles. The van der Waals surface area contributed by atoms with E-state index in [0.717, 1.165) is 31.5 Å². The van der Waals surface area contributed by atoms with Crippen LogP contribution in [0, 0.1) is 0 Å². The summed E-state index contributed by atoms with van der Waals surface area (Å²) in [4.78, 5) is 22.1. The van der Waals surface area contributed by atoms with Crippen LogP contribution in [0.3, 0.4) is 0 Å². The van der Waals surface area contributed by atoms with Crippen LogP contribution in [0.4, 0.5) is 17.7 Å². The number of aliphatic hydroxyl groups excluding tert-OH is 2. The lowest BCUT2D eigenvalue weighted by Crippen LogP contribution is -2.49. The third kappa shape index (κ3) is 4.70. The molecule has 0 aliphatic carbocycles. The zero-order valence-corrected chi connectivity index (χ0v) is 18.5. The highest BCUT2D eigenvalue weighted by Crippen LogP contribution is 2.31. The van der Waals surface area contributed by atoms with Crippen LogP contribution in [-0.2, 0) is 4.74 Å². The number of aliphatic hydroxyl groups is 2. The normalized spacial score (nSPS) is 28.4. The number of morpholine rings is 1. The van der Waals surface area contributed by atoms with Gasteiger partial charge in [0.2, 0.25) is 11.9 Å². The fourth-order valence-corrected chi connectivity index (χ4v) is 4.81. The summed E-state index contributed by atoms with van der Waals surface area (Å²) < 4.78 is 5.48. The first-order valence-corrected chi connectivity index (χ1v) is 11.4. The molecule has 5 rings (SSSR count). The van der Waals surface area contributed by atoms with Crippen molar-refractivity contribution in [1.29, 1.82) is 0 Å². The molecule has 0 bridgehead atoms. The first-order chi connectivity index (χ1) is 16.0. The van der Waals surface area contributed by atoms with Gasteiger partial charge in [-0.25, -0.2) is 15.0 Å². The van der Waals surface area contributed by atoms with Crippen molar-refractivity contribution in [3.8, 4) is 11.3 Å². The second-order valence-electron chi connectivity index (χ2n) is 8.91. The number of nitrogens with zero attached hydrogens (tertiary/aromatic N) is 6. The van der Waals surface area contributed by atoms with Crippen molar-refractivity contribution < 1.29 is 14.9 Å². The fraction of sp³-hybridized carbons (Fsp3) is 0.619. The molecule has 3 aliphatic heterocycles. The van der Waals surface area contributed by atoms with E-state index in [1.165, 1.54) is 0 Å². The molecule has 3 aliphatic rings. The molecule has 12 heteroatoms. The summed E-state index contributed by atoms with van der Waals surface area (Å²) in [5, 5.41) is 27.2. The van der Waals surface area contributed by atoms with E-state index in [2.05, 4.69) is 30.4 Å². The molecule has 0 saturated carbocycles. The van der Waals surface area contributed by atoms with Gasteiger partial charge in [-0.2, -0.15) is 4.98 Å². The van der Waals surface area contributed by atoms with Crippen LogP contribution in [0.15, 0.2) is 18.5 Å². The summed E-state index contributed by atoms with van der Waals surface area (Å²) in [5.74, 6) is 1.42. The number of ether oxygens (including phenoxy) is 1. The van der Waals surface area contributed by atoms with E-state index in [4.69, 9.17) is 20.4 Å². The van der Waals surface area contributed by atoms with Crippen LogP contribution >= 0.6 is 0 Å². The van der Waals surface area contributed by atoms with Gasteiger partial charge >= 0.3 is 0 Å². The van der Waals surface area contributed by atoms with E-state index in [9.17, 15) is 10.2 Å². The van der Waals surface area contributed by atoms with Gasteiger partial charge in [-0.05, 0) is 19.4 Å². The van der Waals surface area contributed by atoms with Crippen molar-refractivity contribution in [3.63, 3.8) is 0 Å². The Morgan fingerprint density at radius 1 is 1.21 bits per heavy atom. The lowest BCUT2D eigenvalue weighted by molar-refractivity contribution is 0.0662. The van der Waals surface area contributed by atoms with Crippen LogP contribution in [0.1, 0.15) is 12.8 Å². The monoisotopic (exact) mass is 457 g/mol. The van der Waals surface area contributed by atoms with Crippen molar-refractivity contribution >= 4 is 17.7 Å². The Bertz CT molecular complexity index is 956. The van der Waals surface area contributed by atoms with Crippen LogP contribution in [0.25, 0.3) is 11.3 Å². The smallest absolute Gasteiger partial charge is 0.228 e. The van der Waals surface area contributed by atoms with Crippen molar-refractivity contribution in [2.45, 2.75) is 30.7 Å². The van der Waals surface area contributed by atoms with E-state index >= 15 is 0 Å². The predicted molar refractivity (Wildman–Crippen MR) is 123 cm³/mol. The number of aromatic nitrogens is 4. The van der Waals surface area contributed by atoms with Crippen molar-refractivity contribution in [2.75, 3.05) is 68.5 Å². The highest BCUT2D eigenvalue weighted by Gasteiger charge is 2.43. The SMILES string of the molecule is Nc1ncc(-c2cc(N[C@@]3(CO)CCN(C4CCNC4O)C3)nc(N3CCOCC3)n2)cn1. The zero-order chi connectivity index (χ0) is 22.8. The first-order valence-electron chi connectivity index (χ1n) is 11.4. The van der Waals surface area contributed by atoms with Crippen LogP contribution in [0.2, 0.25) is 0 Å². The summed E-state index contributed by atoms with van der Waals surface area (Å²) in [5.41, 5.74) is 6.50. The van der Waals surface area contributed by atoms with E-state index in [-0.39, 0.29) is 18.6 Å². The van der Waals surface area contributed by atoms with Gasteiger partial charge in [0.05, 0.1) is 37.1 Å². The maximum atomic E-state index is 10.4.